The molecule has 1 fully saturated rings. The largest absolute Gasteiger partial charge is 0.508 e. The highest BCUT2D eigenvalue weighted by atomic mass is 33.1. The summed E-state index contributed by atoms with van der Waals surface area (Å²) in [5.74, 6) is 2.02. The molecule has 1 saturated heterocycles. The summed E-state index contributed by atoms with van der Waals surface area (Å²) in [6.07, 6.45) is 5.87. The molecule has 1 aliphatic heterocycles. The van der Waals surface area contributed by atoms with Gasteiger partial charge < -0.3 is 9.94 Å². The van der Waals surface area contributed by atoms with Crippen LogP contribution in [-0.2, 0) is 9.63 Å². The van der Waals surface area contributed by atoms with Crippen LogP contribution in [0.4, 0.5) is 0 Å². The third-order valence-electron chi connectivity index (χ3n) is 5.54. The molecule has 3 atom stereocenters. The fraction of sp³-hybridized carbons (Fsp3) is 0.682. The Hall–Kier alpha value is -0.850. The molecule has 0 spiro atoms. The Bertz CT molecular complexity index is 620. The average Bonchev–Trinajstić information content (AvgIpc) is 3.06. The predicted molar refractivity (Wildman–Crippen MR) is 121 cm³/mol. The van der Waals surface area contributed by atoms with E-state index in [9.17, 15) is 9.90 Å². The van der Waals surface area contributed by atoms with Crippen molar-refractivity contribution >= 4 is 27.6 Å². The molecule has 28 heavy (non-hydrogen) atoms. The van der Waals surface area contributed by atoms with Gasteiger partial charge in [-0.15, -0.1) is 5.06 Å². The van der Waals surface area contributed by atoms with E-state index < -0.39 is 0 Å². The van der Waals surface area contributed by atoms with Gasteiger partial charge in [-0.2, -0.15) is 0 Å². The van der Waals surface area contributed by atoms with E-state index in [0.717, 1.165) is 24.8 Å². The highest BCUT2D eigenvalue weighted by Crippen LogP contribution is 2.49. The van der Waals surface area contributed by atoms with Crippen molar-refractivity contribution in [2.24, 2.45) is 5.92 Å². The summed E-state index contributed by atoms with van der Waals surface area (Å²) in [5.41, 5.74) is 1.13. The van der Waals surface area contributed by atoms with Crippen LogP contribution in [0.5, 0.6) is 5.75 Å². The van der Waals surface area contributed by atoms with Gasteiger partial charge in [0.1, 0.15) is 5.75 Å². The molecule has 1 aromatic carbocycles. The molecule has 1 aliphatic rings. The highest BCUT2D eigenvalue weighted by molar-refractivity contribution is 8.77. The quantitative estimate of drug-likeness (QED) is 0.266. The van der Waals surface area contributed by atoms with Crippen molar-refractivity contribution in [2.45, 2.75) is 70.0 Å². The smallest absolute Gasteiger partial charge is 0.325 e. The van der Waals surface area contributed by atoms with Crippen LogP contribution in [0.15, 0.2) is 24.3 Å². The van der Waals surface area contributed by atoms with Crippen LogP contribution in [0.25, 0.3) is 0 Å². The molecule has 1 heterocycles. The normalized spacial score (nSPS) is 21.6. The number of benzene rings is 1. The number of rotatable bonds is 11. The fourth-order valence-corrected chi connectivity index (χ4v) is 7.23. The van der Waals surface area contributed by atoms with Gasteiger partial charge in [0.2, 0.25) is 0 Å². The van der Waals surface area contributed by atoms with Crippen molar-refractivity contribution < 1.29 is 14.7 Å². The zero-order valence-electron chi connectivity index (χ0n) is 17.6. The third-order valence-corrected chi connectivity index (χ3v) is 8.90. The lowest BCUT2D eigenvalue weighted by atomic mass is 9.85. The first-order valence-corrected chi connectivity index (χ1v) is 12.7. The summed E-state index contributed by atoms with van der Waals surface area (Å²) in [7, 11) is 5.80. The maximum atomic E-state index is 12.2. The second kappa shape index (κ2) is 11.4. The van der Waals surface area contributed by atoms with Gasteiger partial charge in [0.25, 0.3) is 0 Å². The second-order valence-corrected chi connectivity index (χ2v) is 11.2. The summed E-state index contributed by atoms with van der Waals surface area (Å²) in [4.78, 5) is 17.7. The SMILES string of the molecule is CC[C@@H](c1cccc(O)c1)[C@@H](C)CN(C)OC(=O)CCCC[C@]1(C)CCSS1. The van der Waals surface area contributed by atoms with Crippen LogP contribution < -0.4 is 0 Å². The lowest BCUT2D eigenvalue weighted by Crippen LogP contribution is -2.30. The van der Waals surface area contributed by atoms with E-state index in [2.05, 4.69) is 26.8 Å². The first kappa shape index (κ1) is 23.4. The average molecular weight is 426 g/mol. The molecule has 0 radical (unpaired) electrons. The number of aromatic hydroxyl groups is 1. The van der Waals surface area contributed by atoms with Gasteiger partial charge in [0.15, 0.2) is 0 Å². The molecular weight excluding hydrogens is 390 g/mol. The van der Waals surface area contributed by atoms with E-state index in [1.165, 1.54) is 18.6 Å². The van der Waals surface area contributed by atoms with Crippen LogP contribution in [0.3, 0.4) is 0 Å². The Balaban J connectivity index is 1.71. The fourth-order valence-electron chi connectivity index (χ4n) is 3.93. The molecule has 0 aromatic heterocycles. The van der Waals surface area contributed by atoms with Crippen molar-refractivity contribution in [1.29, 1.82) is 0 Å². The highest BCUT2D eigenvalue weighted by Gasteiger charge is 2.29. The molecule has 0 amide bonds. The Labute approximate surface area is 178 Å². The molecule has 6 heteroatoms. The van der Waals surface area contributed by atoms with Crippen LogP contribution >= 0.6 is 21.6 Å². The Morgan fingerprint density at radius 3 is 2.82 bits per heavy atom. The van der Waals surface area contributed by atoms with Crippen molar-refractivity contribution in [3.05, 3.63) is 29.8 Å². The molecule has 0 bridgehead atoms. The van der Waals surface area contributed by atoms with Gasteiger partial charge in [-0.25, -0.2) is 0 Å². The monoisotopic (exact) mass is 425 g/mol. The van der Waals surface area contributed by atoms with Crippen LogP contribution in [0.2, 0.25) is 0 Å². The maximum Gasteiger partial charge on any atom is 0.325 e. The summed E-state index contributed by atoms with van der Waals surface area (Å²) >= 11 is 0. The summed E-state index contributed by atoms with van der Waals surface area (Å²) in [6.45, 7) is 7.33. The predicted octanol–water partition coefficient (Wildman–Crippen LogP) is 6.02. The zero-order chi connectivity index (χ0) is 20.6. The molecule has 4 nitrogen and oxygen atoms in total. The van der Waals surface area contributed by atoms with Gasteiger partial charge in [0.05, 0.1) is 0 Å². The minimum absolute atomic E-state index is 0.140. The maximum absolute atomic E-state index is 12.2. The van der Waals surface area contributed by atoms with E-state index in [1.54, 1.807) is 11.1 Å². The second-order valence-electron chi connectivity index (χ2n) is 8.17. The number of hydrogen-bond acceptors (Lipinski definition) is 6. The van der Waals surface area contributed by atoms with Crippen LogP contribution in [0.1, 0.15) is 70.8 Å². The Kier molecular flexibility index (Phi) is 9.51. The third kappa shape index (κ3) is 7.53. The molecule has 0 saturated carbocycles. The minimum Gasteiger partial charge on any atom is -0.508 e. The minimum atomic E-state index is -0.140. The van der Waals surface area contributed by atoms with Gasteiger partial charge in [-0.1, -0.05) is 54.0 Å². The van der Waals surface area contributed by atoms with E-state index >= 15 is 0 Å². The first-order chi connectivity index (χ1) is 13.3. The number of hydrogen-bond donors (Lipinski definition) is 1. The molecule has 1 aromatic rings. The van der Waals surface area contributed by atoms with Gasteiger partial charge in [-0.3, -0.25) is 4.79 Å². The van der Waals surface area contributed by atoms with E-state index in [0.29, 0.717) is 35.3 Å². The van der Waals surface area contributed by atoms with E-state index in [4.69, 9.17) is 4.84 Å². The summed E-state index contributed by atoms with van der Waals surface area (Å²) in [5, 5.41) is 11.4. The lowest BCUT2D eigenvalue weighted by molar-refractivity contribution is -0.186. The van der Waals surface area contributed by atoms with Crippen molar-refractivity contribution in [2.75, 3.05) is 19.3 Å². The molecule has 2 rings (SSSR count). The van der Waals surface area contributed by atoms with Crippen molar-refractivity contribution in [1.82, 2.24) is 5.06 Å². The number of carbonyl (C=O) groups is 1. The molecule has 0 unspecified atom stereocenters. The number of carbonyl (C=O) groups excluding carboxylic acids is 1. The van der Waals surface area contributed by atoms with Gasteiger partial charge in [-0.05, 0) is 62.1 Å². The number of phenolic OH excluding ortho intramolecular Hbond substituents is 1. The summed E-state index contributed by atoms with van der Waals surface area (Å²) < 4.78 is 0.391. The lowest BCUT2D eigenvalue weighted by Gasteiger charge is -2.27. The van der Waals surface area contributed by atoms with Crippen LogP contribution in [0, 0.1) is 5.92 Å². The van der Waals surface area contributed by atoms with E-state index in [-0.39, 0.29) is 5.97 Å². The van der Waals surface area contributed by atoms with E-state index in [1.807, 2.05) is 40.8 Å². The topological polar surface area (TPSA) is 49.8 Å². The molecule has 0 aliphatic carbocycles. The Morgan fingerprint density at radius 1 is 1.39 bits per heavy atom. The first-order valence-electron chi connectivity index (χ1n) is 10.3. The Morgan fingerprint density at radius 2 is 2.18 bits per heavy atom. The molecular formula is C22H35NO3S2. The van der Waals surface area contributed by atoms with Gasteiger partial charge >= 0.3 is 5.97 Å². The van der Waals surface area contributed by atoms with Crippen molar-refractivity contribution in [3.63, 3.8) is 0 Å². The number of unbranched alkanes of at least 4 members (excludes halogenated alkanes) is 1. The summed E-state index contributed by atoms with van der Waals surface area (Å²) in [6, 6.07) is 7.46. The molecule has 158 valence electrons. The number of hydroxylamine groups is 2. The zero-order valence-corrected chi connectivity index (χ0v) is 19.3. The standard InChI is InChI=1S/C22H35NO3S2/c1-5-20(18-9-8-10-19(24)15-18)17(2)16-23(4)26-21(25)11-6-7-12-22(3)13-14-27-28-22/h8-10,15,17,20,24H,5-7,11-14,16H2,1-4H3/t17-,20+,22+/m0/s1. The number of nitrogens with zero attached hydrogens (tertiary/aromatic N) is 1. The number of phenols is 1. The van der Waals surface area contributed by atoms with Crippen molar-refractivity contribution in [3.8, 4) is 5.75 Å². The van der Waals surface area contributed by atoms with Gasteiger partial charge in [0, 0.05) is 30.5 Å². The molecule has 1 N–H and O–H groups in total. The van der Waals surface area contributed by atoms with Crippen LogP contribution in [-0.4, -0.2) is 40.2 Å².